The van der Waals surface area contributed by atoms with Crippen molar-refractivity contribution in [3.8, 4) is 10.6 Å². The van der Waals surface area contributed by atoms with Crippen molar-refractivity contribution in [2.45, 2.75) is 13.5 Å². The molecule has 4 aromatic rings. The summed E-state index contributed by atoms with van der Waals surface area (Å²) in [5, 5.41) is 2.66. The molecule has 1 N–H and O–H groups in total. The lowest BCUT2D eigenvalue weighted by atomic mass is 10.2. The summed E-state index contributed by atoms with van der Waals surface area (Å²) in [6.07, 6.45) is 0. The van der Waals surface area contributed by atoms with Crippen LogP contribution in [0.5, 0.6) is 0 Å². The number of fused-ring (bicyclic) bond motifs is 1. The summed E-state index contributed by atoms with van der Waals surface area (Å²) in [5.74, 6) is 0.649. The number of aromatic nitrogens is 3. The van der Waals surface area contributed by atoms with E-state index in [1.807, 2.05) is 60.8 Å². The van der Waals surface area contributed by atoms with Gasteiger partial charge in [0.2, 0.25) is 0 Å². The molecule has 0 unspecified atom stereocenters. The Balaban J connectivity index is 1.50. The Bertz CT molecular complexity index is 1030. The Hall–Kier alpha value is -2.99. The molecule has 26 heavy (non-hydrogen) atoms. The minimum absolute atomic E-state index is 0.111. The van der Waals surface area contributed by atoms with Crippen LogP contribution in [0.25, 0.3) is 21.6 Å². The molecule has 5 nitrogen and oxygen atoms in total. The first kappa shape index (κ1) is 16.5. The highest BCUT2D eigenvalue weighted by atomic mass is 32.1. The number of aromatic amines is 1. The van der Waals surface area contributed by atoms with Crippen molar-refractivity contribution >= 4 is 28.3 Å². The van der Waals surface area contributed by atoms with E-state index in [0.717, 1.165) is 27.4 Å². The van der Waals surface area contributed by atoms with Crippen LogP contribution >= 0.6 is 11.3 Å². The maximum absolute atomic E-state index is 12.7. The van der Waals surface area contributed by atoms with Crippen molar-refractivity contribution in [1.82, 2.24) is 19.9 Å². The Morgan fingerprint density at radius 1 is 1.12 bits per heavy atom. The number of hydrogen-bond donors (Lipinski definition) is 1. The number of amides is 1. The van der Waals surface area contributed by atoms with Crippen LogP contribution in [0.4, 0.5) is 0 Å². The SMILES string of the molecule is Cc1ccc(-c2nc(C(=O)N(C)Cc3nc4ccccc4[nH]3)cs2)cc1. The minimum atomic E-state index is -0.111. The van der Waals surface area contributed by atoms with E-state index >= 15 is 0 Å². The van der Waals surface area contributed by atoms with Crippen LogP contribution in [0, 0.1) is 6.92 Å². The average Bonchev–Trinajstić information content (AvgIpc) is 3.28. The second kappa shape index (κ2) is 6.72. The lowest BCUT2D eigenvalue weighted by Gasteiger charge is -2.13. The molecule has 6 heteroatoms. The highest BCUT2D eigenvalue weighted by Gasteiger charge is 2.17. The molecule has 0 aliphatic carbocycles. The fourth-order valence-corrected chi connectivity index (χ4v) is 3.57. The van der Waals surface area contributed by atoms with Crippen molar-refractivity contribution in [2.24, 2.45) is 0 Å². The zero-order valence-corrected chi connectivity index (χ0v) is 15.4. The van der Waals surface area contributed by atoms with Crippen molar-refractivity contribution in [3.63, 3.8) is 0 Å². The zero-order valence-electron chi connectivity index (χ0n) is 14.6. The number of aryl methyl sites for hydroxylation is 1. The third-order valence-electron chi connectivity index (χ3n) is 4.19. The number of benzene rings is 2. The number of rotatable bonds is 4. The number of carbonyl (C=O) groups excluding carboxylic acids is 1. The molecule has 2 aromatic heterocycles. The van der Waals surface area contributed by atoms with Crippen LogP contribution in [0.2, 0.25) is 0 Å². The van der Waals surface area contributed by atoms with E-state index in [2.05, 4.69) is 15.0 Å². The second-order valence-electron chi connectivity index (χ2n) is 6.27. The second-order valence-corrected chi connectivity index (χ2v) is 7.12. The Labute approximate surface area is 155 Å². The van der Waals surface area contributed by atoms with E-state index in [9.17, 15) is 4.79 Å². The van der Waals surface area contributed by atoms with E-state index in [1.54, 1.807) is 11.9 Å². The van der Waals surface area contributed by atoms with Gasteiger partial charge in [0, 0.05) is 18.0 Å². The van der Waals surface area contributed by atoms with Crippen LogP contribution in [0.15, 0.2) is 53.9 Å². The van der Waals surface area contributed by atoms with Gasteiger partial charge in [-0.3, -0.25) is 4.79 Å². The maximum atomic E-state index is 12.7. The van der Waals surface area contributed by atoms with Crippen LogP contribution < -0.4 is 0 Å². The summed E-state index contributed by atoms with van der Waals surface area (Å²) in [4.78, 5) is 26.6. The molecule has 0 radical (unpaired) electrons. The van der Waals surface area contributed by atoms with Gasteiger partial charge in [-0.1, -0.05) is 42.0 Å². The van der Waals surface area contributed by atoms with E-state index in [4.69, 9.17) is 0 Å². The quantitative estimate of drug-likeness (QED) is 0.590. The van der Waals surface area contributed by atoms with Crippen molar-refractivity contribution in [3.05, 3.63) is 71.0 Å². The normalized spacial score (nSPS) is 11.0. The van der Waals surface area contributed by atoms with Gasteiger partial charge >= 0.3 is 0 Å². The standard InChI is InChI=1S/C20H18N4OS/c1-13-7-9-14(10-8-13)19-23-17(12-26-19)20(25)24(2)11-18-21-15-5-3-4-6-16(15)22-18/h3-10,12H,11H2,1-2H3,(H,21,22). The molecule has 4 rings (SSSR count). The Kier molecular flexibility index (Phi) is 4.26. The van der Waals surface area contributed by atoms with Crippen LogP contribution in [-0.4, -0.2) is 32.8 Å². The largest absolute Gasteiger partial charge is 0.340 e. The van der Waals surface area contributed by atoms with Gasteiger partial charge in [-0.05, 0) is 19.1 Å². The minimum Gasteiger partial charge on any atom is -0.340 e. The lowest BCUT2D eigenvalue weighted by molar-refractivity contribution is 0.0777. The van der Waals surface area contributed by atoms with Gasteiger partial charge in [-0.15, -0.1) is 11.3 Å². The van der Waals surface area contributed by atoms with Crippen molar-refractivity contribution < 1.29 is 4.79 Å². The molecular formula is C20H18N4OS. The summed E-state index contributed by atoms with van der Waals surface area (Å²) in [5.41, 5.74) is 4.56. The lowest BCUT2D eigenvalue weighted by Crippen LogP contribution is -2.27. The van der Waals surface area contributed by atoms with Gasteiger partial charge in [-0.2, -0.15) is 0 Å². The molecule has 130 valence electrons. The highest BCUT2D eigenvalue weighted by molar-refractivity contribution is 7.13. The van der Waals surface area contributed by atoms with Crippen LogP contribution in [-0.2, 0) is 6.54 Å². The first-order chi connectivity index (χ1) is 12.6. The Morgan fingerprint density at radius 3 is 2.65 bits per heavy atom. The molecule has 0 aliphatic rings. The van der Waals surface area contributed by atoms with Crippen LogP contribution in [0.3, 0.4) is 0 Å². The fourth-order valence-electron chi connectivity index (χ4n) is 2.77. The fraction of sp³-hybridized carbons (Fsp3) is 0.150. The molecule has 0 saturated heterocycles. The summed E-state index contributed by atoms with van der Waals surface area (Å²) in [6, 6.07) is 16.0. The van der Waals surface area contributed by atoms with E-state index in [0.29, 0.717) is 12.2 Å². The summed E-state index contributed by atoms with van der Waals surface area (Å²) >= 11 is 1.48. The van der Waals surface area contributed by atoms with E-state index < -0.39 is 0 Å². The molecule has 0 spiro atoms. The first-order valence-corrected chi connectivity index (χ1v) is 9.20. The predicted molar refractivity (Wildman–Crippen MR) is 104 cm³/mol. The number of carbonyl (C=O) groups is 1. The number of para-hydroxylation sites is 2. The molecule has 2 aromatic carbocycles. The van der Waals surface area contributed by atoms with Gasteiger partial charge in [0.1, 0.15) is 16.5 Å². The Morgan fingerprint density at radius 2 is 1.88 bits per heavy atom. The molecule has 0 fully saturated rings. The highest BCUT2D eigenvalue weighted by Crippen LogP contribution is 2.24. The number of imidazole rings is 1. The topological polar surface area (TPSA) is 61.9 Å². The van der Waals surface area contributed by atoms with Gasteiger partial charge in [-0.25, -0.2) is 9.97 Å². The summed E-state index contributed by atoms with van der Waals surface area (Å²) in [6.45, 7) is 2.46. The maximum Gasteiger partial charge on any atom is 0.273 e. The number of hydrogen-bond acceptors (Lipinski definition) is 4. The monoisotopic (exact) mass is 362 g/mol. The van der Waals surface area contributed by atoms with E-state index in [-0.39, 0.29) is 5.91 Å². The molecule has 0 aliphatic heterocycles. The van der Waals surface area contributed by atoms with Gasteiger partial charge in [0.05, 0.1) is 17.6 Å². The molecule has 1 amide bonds. The first-order valence-electron chi connectivity index (χ1n) is 8.32. The van der Waals surface area contributed by atoms with Crippen molar-refractivity contribution in [2.75, 3.05) is 7.05 Å². The number of H-pyrrole nitrogens is 1. The average molecular weight is 362 g/mol. The van der Waals surface area contributed by atoms with Gasteiger partial charge < -0.3 is 9.88 Å². The summed E-state index contributed by atoms with van der Waals surface area (Å²) < 4.78 is 0. The molecule has 0 saturated carbocycles. The predicted octanol–water partition coefficient (Wildman–Crippen LogP) is 4.27. The molecule has 0 atom stereocenters. The molecule has 0 bridgehead atoms. The van der Waals surface area contributed by atoms with E-state index in [1.165, 1.54) is 16.9 Å². The molecule has 2 heterocycles. The smallest absolute Gasteiger partial charge is 0.273 e. The third-order valence-corrected chi connectivity index (χ3v) is 5.09. The van der Waals surface area contributed by atoms with Gasteiger partial charge in [0.15, 0.2) is 0 Å². The molecular weight excluding hydrogens is 344 g/mol. The van der Waals surface area contributed by atoms with Gasteiger partial charge in [0.25, 0.3) is 5.91 Å². The summed E-state index contributed by atoms with van der Waals surface area (Å²) in [7, 11) is 1.76. The zero-order chi connectivity index (χ0) is 18.1. The number of nitrogens with zero attached hydrogens (tertiary/aromatic N) is 3. The van der Waals surface area contributed by atoms with Crippen LogP contribution in [0.1, 0.15) is 21.9 Å². The third kappa shape index (κ3) is 3.23. The van der Waals surface area contributed by atoms with Crippen molar-refractivity contribution in [1.29, 1.82) is 0 Å². The number of thiazole rings is 1. The number of nitrogens with one attached hydrogen (secondary N) is 1.